The van der Waals surface area contributed by atoms with E-state index in [0.29, 0.717) is 0 Å². The summed E-state index contributed by atoms with van der Waals surface area (Å²) in [6.45, 7) is 3.12. The van der Waals surface area contributed by atoms with Gasteiger partial charge in [-0.25, -0.2) is 8.42 Å². The lowest BCUT2D eigenvalue weighted by Crippen LogP contribution is -2.50. The van der Waals surface area contributed by atoms with Crippen molar-refractivity contribution in [3.8, 4) is 5.75 Å². The molecular formula is C22H28ClN3O5S. The van der Waals surface area contributed by atoms with E-state index in [0.717, 1.165) is 21.7 Å². The van der Waals surface area contributed by atoms with Crippen molar-refractivity contribution >= 4 is 39.1 Å². The minimum absolute atomic E-state index is 0.138. The van der Waals surface area contributed by atoms with Crippen LogP contribution in [-0.2, 0) is 26.2 Å². The molecule has 174 valence electrons. The van der Waals surface area contributed by atoms with Gasteiger partial charge in [-0.2, -0.15) is 0 Å². The Morgan fingerprint density at radius 3 is 2.41 bits per heavy atom. The van der Waals surface area contributed by atoms with E-state index in [2.05, 4.69) is 5.32 Å². The Labute approximate surface area is 194 Å². The number of methoxy groups -OCH3 is 1. The van der Waals surface area contributed by atoms with Crippen molar-refractivity contribution in [2.75, 3.05) is 31.3 Å². The number of hydrogen-bond acceptors (Lipinski definition) is 5. The van der Waals surface area contributed by atoms with E-state index in [-0.39, 0.29) is 28.9 Å². The molecule has 10 heteroatoms. The molecule has 0 radical (unpaired) electrons. The molecule has 8 nitrogen and oxygen atoms in total. The summed E-state index contributed by atoms with van der Waals surface area (Å²) in [6.07, 6.45) is 0.995. The highest BCUT2D eigenvalue weighted by Gasteiger charge is 2.31. The van der Waals surface area contributed by atoms with Gasteiger partial charge < -0.3 is 15.0 Å². The number of hydrogen-bond donors (Lipinski definition) is 1. The van der Waals surface area contributed by atoms with Crippen molar-refractivity contribution < 1.29 is 22.7 Å². The molecule has 0 aliphatic heterocycles. The summed E-state index contributed by atoms with van der Waals surface area (Å²) in [7, 11) is -1.00. The van der Waals surface area contributed by atoms with Crippen LogP contribution in [0.5, 0.6) is 5.75 Å². The molecule has 2 aromatic carbocycles. The number of nitrogens with zero attached hydrogens (tertiary/aromatic N) is 2. The molecule has 2 aromatic rings. The molecule has 0 heterocycles. The summed E-state index contributed by atoms with van der Waals surface area (Å²) in [5.74, 6) is -0.660. The number of anilines is 1. The van der Waals surface area contributed by atoms with E-state index >= 15 is 0 Å². The van der Waals surface area contributed by atoms with Crippen LogP contribution in [-0.4, -0.2) is 58.1 Å². The van der Waals surface area contributed by atoms with Gasteiger partial charge in [0.2, 0.25) is 21.8 Å². The second-order valence-corrected chi connectivity index (χ2v) is 9.67. The monoisotopic (exact) mass is 481 g/mol. The second-order valence-electron chi connectivity index (χ2n) is 7.32. The van der Waals surface area contributed by atoms with E-state index in [4.69, 9.17) is 16.3 Å². The van der Waals surface area contributed by atoms with E-state index < -0.39 is 28.5 Å². The van der Waals surface area contributed by atoms with Crippen LogP contribution in [0.25, 0.3) is 0 Å². The largest absolute Gasteiger partial charge is 0.495 e. The molecule has 0 unspecified atom stereocenters. The zero-order valence-electron chi connectivity index (χ0n) is 18.8. The number of nitrogens with one attached hydrogen (secondary N) is 1. The van der Waals surface area contributed by atoms with Gasteiger partial charge in [-0.3, -0.25) is 13.9 Å². The summed E-state index contributed by atoms with van der Waals surface area (Å²) < 4.78 is 31.4. The zero-order valence-corrected chi connectivity index (χ0v) is 20.3. The SMILES string of the molecule is CNC(=O)[C@H](C)N(Cc1ccccc1C)C(=O)CN(c1cc(Cl)ccc1OC)S(C)(=O)=O. The van der Waals surface area contributed by atoms with E-state index in [9.17, 15) is 18.0 Å². The van der Waals surface area contributed by atoms with Crippen LogP contribution in [0.2, 0.25) is 5.02 Å². The maximum atomic E-state index is 13.4. The van der Waals surface area contributed by atoms with Crippen molar-refractivity contribution in [2.24, 2.45) is 0 Å². The fraction of sp³-hybridized carbons (Fsp3) is 0.364. The number of amides is 2. The van der Waals surface area contributed by atoms with Crippen molar-refractivity contribution in [1.29, 1.82) is 0 Å². The summed E-state index contributed by atoms with van der Waals surface area (Å²) in [5, 5.41) is 2.83. The van der Waals surface area contributed by atoms with E-state index in [1.807, 2.05) is 31.2 Å². The van der Waals surface area contributed by atoms with E-state index in [1.165, 1.54) is 31.2 Å². The van der Waals surface area contributed by atoms with Crippen molar-refractivity contribution in [3.63, 3.8) is 0 Å². The molecule has 0 saturated carbocycles. The minimum atomic E-state index is -3.88. The Kier molecular flexibility index (Phi) is 8.51. The van der Waals surface area contributed by atoms with Gasteiger partial charge in [0.05, 0.1) is 19.1 Å². The molecule has 1 N–H and O–H groups in total. The molecule has 0 aliphatic rings. The average Bonchev–Trinajstić information content (AvgIpc) is 2.74. The van der Waals surface area contributed by atoms with E-state index in [1.54, 1.807) is 13.0 Å². The van der Waals surface area contributed by atoms with Crippen molar-refractivity contribution in [1.82, 2.24) is 10.2 Å². The summed E-state index contributed by atoms with van der Waals surface area (Å²) in [5.41, 5.74) is 1.94. The highest BCUT2D eigenvalue weighted by molar-refractivity contribution is 7.92. The molecule has 2 amide bonds. The predicted molar refractivity (Wildman–Crippen MR) is 125 cm³/mol. The summed E-state index contributed by atoms with van der Waals surface area (Å²) >= 11 is 6.08. The smallest absolute Gasteiger partial charge is 0.244 e. The number of aryl methyl sites for hydroxylation is 1. The lowest BCUT2D eigenvalue weighted by atomic mass is 10.1. The number of rotatable bonds is 9. The van der Waals surface area contributed by atoms with Crippen LogP contribution in [0, 0.1) is 6.92 Å². The third-order valence-electron chi connectivity index (χ3n) is 5.10. The Morgan fingerprint density at radius 1 is 1.19 bits per heavy atom. The van der Waals surface area contributed by atoms with Crippen LogP contribution >= 0.6 is 11.6 Å². The standard InChI is InChI=1S/C22H28ClN3O5S/c1-15-8-6-7-9-17(15)13-25(16(2)22(28)24-3)21(27)14-26(32(5,29)30)19-12-18(23)10-11-20(19)31-4/h6-12,16H,13-14H2,1-5H3,(H,24,28)/t16-/m0/s1. The Balaban J connectivity index is 2.47. The lowest BCUT2D eigenvalue weighted by molar-refractivity contribution is -0.139. The molecule has 1 atom stereocenters. The third kappa shape index (κ3) is 6.14. The van der Waals surface area contributed by atoms with Gasteiger partial charge in [-0.1, -0.05) is 35.9 Å². The van der Waals surface area contributed by atoms with Crippen LogP contribution in [0.3, 0.4) is 0 Å². The van der Waals surface area contributed by atoms with Crippen LogP contribution < -0.4 is 14.4 Å². The molecular weight excluding hydrogens is 454 g/mol. The normalized spacial score (nSPS) is 12.1. The predicted octanol–water partition coefficient (Wildman–Crippen LogP) is 2.59. The molecule has 2 rings (SSSR count). The lowest BCUT2D eigenvalue weighted by Gasteiger charge is -2.32. The summed E-state index contributed by atoms with van der Waals surface area (Å²) in [4.78, 5) is 27.1. The minimum Gasteiger partial charge on any atom is -0.495 e. The van der Waals surface area contributed by atoms with Crippen LogP contribution in [0.4, 0.5) is 5.69 Å². The fourth-order valence-electron chi connectivity index (χ4n) is 3.22. The molecule has 0 saturated heterocycles. The summed E-state index contributed by atoms with van der Waals surface area (Å²) in [6, 6.07) is 11.2. The molecule has 0 spiro atoms. The molecule has 0 aliphatic carbocycles. The number of ether oxygens (including phenoxy) is 1. The maximum absolute atomic E-state index is 13.4. The molecule has 0 fully saturated rings. The number of benzene rings is 2. The first-order chi connectivity index (χ1) is 15.0. The number of halogens is 1. The number of likely N-dealkylation sites (N-methyl/N-ethyl adjacent to an activating group) is 1. The van der Waals surface area contributed by atoms with Gasteiger partial charge >= 0.3 is 0 Å². The quantitative estimate of drug-likeness (QED) is 0.594. The highest BCUT2D eigenvalue weighted by atomic mass is 35.5. The first kappa shape index (κ1) is 25.5. The zero-order chi connectivity index (χ0) is 24.1. The third-order valence-corrected chi connectivity index (χ3v) is 6.47. The average molecular weight is 482 g/mol. The van der Waals surface area contributed by atoms with Crippen molar-refractivity contribution in [2.45, 2.75) is 26.4 Å². The number of carbonyl (C=O) groups excluding carboxylic acids is 2. The fourth-order valence-corrected chi connectivity index (χ4v) is 4.23. The van der Waals surface area contributed by atoms with Gasteiger partial charge in [0, 0.05) is 18.6 Å². The Hall–Kier alpha value is -2.78. The Bertz CT molecular complexity index is 1090. The molecule has 0 bridgehead atoms. The maximum Gasteiger partial charge on any atom is 0.244 e. The topological polar surface area (TPSA) is 96.0 Å². The number of carbonyl (C=O) groups is 2. The van der Waals surface area contributed by atoms with Crippen molar-refractivity contribution in [3.05, 3.63) is 58.6 Å². The highest BCUT2D eigenvalue weighted by Crippen LogP contribution is 2.33. The molecule has 0 aromatic heterocycles. The van der Waals surface area contributed by atoms with Gasteiger partial charge in [0.25, 0.3) is 0 Å². The second kappa shape index (κ2) is 10.7. The first-order valence-electron chi connectivity index (χ1n) is 9.86. The number of sulfonamides is 1. The van der Waals surface area contributed by atoms with Crippen LogP contribution in [0.1, 0.15) is 18.1 Å². The van der Waals surface area contributed by atoms with Gasteiger partial charge in [-0.15, -0.1) is 0 Å². The first-order valence-corrected chi connectivity index (χ1v) is 12.1. The van der Waals surface area contributed by atoms with Gasteiger partial charge in [-0.05, 0) is 43.2 Å². The van der Waals surface area contributed by atoms with Crippen LogP contribution in [0.15, 0.2) is 42.5 Å². The van der Waals surface area contributed by atoms with Gasteiger partial charge in [0.15, 0.2) is 0 Å². The molecule has 32 heavy (non-hydrogen) atoms. The Morgan fingerprint density at radius 2 is 1.84 bits per heavy atom. The van der Waals surface area contributed by atoms with Gasteiger partial charge in [0.1, 0.15) is 18.3 Å².